The topological polar surface area (TPSA) is 33.3 Å². The van der Waals surface area contributed by atoms with Crippen LogP contribution in [-0.4, -0.2) is 19.7 Å². The Hall–Kier alpha value is -2.05. The van der Waals surface area contributed by atoms with Crippen LogP contribution in [0.25, 0.3) is 0 Å². The van der Waals surface area contributed by atoms with Crippen LogP contribution in [-0.2, 0) is 12.7 Å². The molecular formula is C19H21F3N2O. The van der Waals surface area contributed by atoms with E-state index in [1.54, 1.807) is 0 Å². The number of alkyl halides is 3. The van der Waals surface area contributed by atoms with Crippen molar-refractivity contribution in [2.45, 2.75) is 31.2 Å². The van der Waals surface area contributed by atoms with Gasteiger partial charge in [-0.1, -0.05) is 36.4 Å². The highest BCUT2D eigenvalue weighted by Crippen LogP contribution is 2.33. The normalized spacial score (nSPS) is 20.6. The standard InChI is InChI=1S/C19H21F3N2O/c1-25-17-11-15(19(20,21)22)8-7-14(17)12-24-16-9-10-23-18(16)13-5-3-2-4-6-13/h2-8,11,16,18,23-24H,9-10,12H2,1H3. The number of hydrogen-bond acceptors (Lipinski definition) is 3. The maximum atomic E-state index is 12.8. The molecule has 6 heteroatoms. The Morgan fingerprint density at radius 2 is 1.92 bits per heavy atom. The van der Waals surface area contributed by atoms with Gasteiger partial charge in [-0.3, -0.25) is 0 Å². The highest BCUT2D eigenvalue weighted by atomic mass is 19.4. The fraction of sp³-hybridized carbons (Fsp3) is 0.368. The van der Waals surface area contributed by atoms with E-state index in [-0.39, 0.29) is 17.8 Å². The average molecular weight is 350 g/mol. The molecule has 2 unspecified atom stereocenters. The first-order chi connectivity index (χ1) is 12.0. The van der Waals surface area contributed by atoms with Gasteiger partial charge in [0.1, 0.15) is 5.75 Å². The van der Waals surface area contributed by atoms with Crippen LogP contribution in [0.1, 0.15) is 29.2 Å². The van der Waals surface area contributed by atoms with Crippen molar-refractivity contribution in [2.75, 3.05) is 13.7 Å². The minimum absolute atomic E-state index is 0.196. The Kier molecular flexibility index (Phi) is 5.30. The van der Waals surface area contributed by atoms with Crippen LogP contribution < -0.4 is 15.4 Å². The summed E-state index contributed by atoms with van der Waals surface area (Å²) in [6.07, 6.45) is -3.41. The lowest BCUT2D eigenvalue weighted by Crippen LogP contribution is -2.34. The lowest BCUT2D eigenvalue weighted by molar-refractivity contribution is -0.137. The Morgan fingerprint density at radius 1 is 1.16 bits per heavy atom. The van der Waals surface area contributed by atoms with E-state index in [0.717, 1.165) is 25.1 Å². The third-order valence-corrected chi connectivity index (χ3v) is 4.55. The van der Waals surface area contributed by atoms with Crippen LogP contribution in [0.4, 0.5) is 13.2 Å². The molecule has 1 heterocycles. The van der Waals surface area contributed by atoms with Gasteiger partial charge in [-0.25, -0.2) is 0 Å². The van der Waals surface area contributed by atoms with Crippen LogP contribution in [0.2, 0.25) is 0 Å². The molecule has 1 fully saturated rings. The molecule has 2 atom stereocenters. The number of methoxy groups -OCH3 is 1. The Morgan fingerprint density at radius 3 is 2.60 bits per heavy atom. The van der Waals surface area contributed by atoms with E-state index < -0.39 is 11.7 Å². The van der Waals surface area contributed by atoms with E-state index in [0.29, 0.717) is 12.1 Å². The zero-order valence-corrected chi connectivity index (χ0v) is 13.9. The van der Waals surface area contributed by atoms with Crippen LogP contribution in [0.5, 0.6) is 5.75 Å². The summed E-state index contributed by atoms with van der Waals surface area (Å²) in [7, 11) is 1.39. The second kappa shape index (κ2) is 7.45. The van der Waals surface area contributed by atoms with Gasteiger partial charge in [0.25, 0.3) is 0 Å². The van der Waals surface area contributed by atoms with Crippen molar-refractivity contribution in [1.82, 2.24) is 10.6 Å². The second-order valence-corrected chi connectivity index (χ2v) is 6.14. The number of rotatable bonds is 5. The van der Waals surface area contributed by atoms with Gasteiger partial charge < -0.3 is 15.4 Å². The molecule has 1 aliphatic heterocycles. The quantitative estimate of drug-likeness (QED) is 0.858. The van der Waals surface area contributed by atoms with E-state index in [2.05, 4.69) is 22.8 Å². The molecule has 0 aliphatic carbocycles. The van der Waals surface area contributed by atoms with E-state index in [1.807, 2.05) is 18.2 Å². The van der Waals surface area contributed by atoms with Crippen molar-refractivity contribution in [3.8, 4) is 5.75 Å². The first-order valence-corrected chi connectivity index (χ1v) is 8.25. The van der Waals surface area contributed by atoms with Gasteiger partial charge >= 0.3 is 6.18 Å². The first-order valence-electron chi connectivity index (χ1n) is 8.25. The fourth-order valence-corrected chi connectivity index (χ4v) is 3.24. The van der Waals surface area contributed by atoms with Crippen LogP contribution >= 0.6 is 0 Å². The minimum Gasteiger partial charge on any atom is -0.496 e. The molecule has 0 bridgehead atoms. The third kappa shape index (κ3) is 4.14. The molecule has 1 saturated heterocycles. The van der Waals surface area contributed by atoms with E-state index in [9.17, 15) is 13.2 Å². The number of halogens is 3. The molecule has 2 aromatic carbocycles. The van der Waals surface area contributed by atoms with Gasteiger partial charge in [0.2, 0.25) is 0 Å². The summed E-state index contributed by atoms with van der Waals surface area (Å²) in [5.41, 5.74) is 1.23. The van der Waals surface area contributed by atoms with Crippen molar-refractivity contribution in [3.05, 3.63) is 65.2 Å². The zero-order chi connectivity index (χ0) is 17.9. The van der Waals surface area contributed by atoms with Gasteiger partial charge in [-0.15, -0.1) is 0 Å². The number of ether oxygens (including phenoxy) is 1. The summed E-state index contributed by atoms with van der Waals surface area (Å²) in [4.78, 5) is 0. The molecular weight excluding hydrogens is 329 g/mol. The van der Waals surface area contributed by atoms with Crippen molar-refractivity contribution in [3.63, 3.8) is 0 Å². The van der Waals surface area contributed by atoms with Crippen LogP contribution in [0, 0.1) is 0 Å². The SMILES string of the molecule is COc1cc(C(F)(F)F)ccc1CNC1CCNC1c1ccccc1. The van der Waals surface area contributed by atoms with Gasteiger partial charge in [-0.2, -0.15) is 13.2 Å². The second-order valence-electron chi connectivity index (χ2n) is 6.14. The van der Waals surface area contributed by atoms with E-state index in [1.165, 1.54) is 18.7 Å². The molecule has 134 valence electrons. The molecule has 25 heavy (non-hydrogen) atoms. The molecule has 3 nitrogen and oxygen atoms in total. The third-order valence-electron chi connectivity index (χ3n) is 4.55. The maximum Gasteiger partial charge on any atom is 0.416 e. The Bertz CT molecular complexity index is 704. The highest BCUT2D eigenvalue weighted by molar-refractivity contribution is 5.38. The summed E-state index contributed by atoms with van der Waals surface area (Å²) >= 11 is 0. The molecule has 0 aromatic heterocycles. The molecule has 3 rings (SSSR count). The number of hydrogen-bond donors (Lipinski definition) is 2. The zero-order valence-electron chi connectivity index (χ0n) is 13.9. The summed E-state index contributed by atoms with van der Waals surface area (Å²) in [6, 6.07) is 14.2. The van der Waals surface area contributed by atoms with E-state index in [4.69, 9.17) is 4.74 Å². The van der Waals surface area contributed by atoms with Gasteiger partial charge in [0.05, 0.1) is 12.7 Å². The number of benzene rings is 2. The summed E-state index contributed by atoms with van der Waals surface area (Å²) in [5.74, 6) is 0.254. The highest BCUT2D eigenvalue weighted by Gasteiger charge is 2.32. The van der Waals surface area contributed by atoms with Crippen molar-refractivity contribution in [2.24, 2.45) is 0 Å². The Labute approximate surface area is 145 Å². The molecule has 0 amide bonds. The summed E-state index contributed by atoms with van der Waals surface area (Å²) in [5, 5.41) is 6.93. The fourth-order valence-electron chi connectivity index (χ4n) is 3.24. The van der Waals surface area contributed by atoms with Crippen LogP contribution in [0.15, 0.2) is 48.5 Å². The lowest BCUT2D eigenvalue weighted by atomic mass is 10.0. The van der Waals surface area contributed by atoms with Crippen molar-refractivity contribution in [1.29, 1.82) is 0 Å². The Balaban J connectivity index is 1.71. The molecule has 2 aromatic rings. The largest absolute Gasteiger partial charge is 0.496 e. The van der Waals surface area contributed by atoms with Crippen molar-refractivity contribution < 1.29 is 17.9 Å². The van der Waals surface area contributed by atoms with Crippen LogP contribution in [0.3, 0.4) is 0 Å². The predicted octanol–water partition coefficient (Wildman–Crippen LogP) is 3.91. The number of nitrogens with one attached hydrogen (secondary N) is 2. The van der Waals surface area contributed by atoms with Gasteiger partial charge in [0.15, 0.2) is 0 Å². The van der Waals surface area contributed by atoms with E-state index >= 15 is 0 Å². The van der Waals surface area contributed by atoms with Gasteiger partial charge in [0, 0.05) is 24.2 Å². The molecule has 0 spiro atoms. The monoisotopic (exact) mass is 350 g/mol. The minimum atomic E-state index is -4.37. The van der Waals surface area contributed by atoms with Crippen molar-refractivity contribution >= 4 is 0 Å². The molecule has 0 saturated carbocycles. The predicted molar refractivity (Wildman–Crippen MR) is 90.4 cm³/mol. The average Bonchev–Trinajstić information content (AvgIpc) is 3.08. The molecule has 1 aliphatic rings. The smallest absolute Gasteiger partial charge is 0.416 e. The summed E-state index contributed by atoms with van der Waals surface area (Å²) < 4.78 is 43.6. The molecule has 0 radical (unpaired) electrons. The first kappa shape index (κ1) is 17.8. The lowest BCUT2D eigenvalue weighted by Gasteiger charge is -2.22. The molecule has 2 N–H and O–H groups in total. The van der Waals surface area contributed by atoms with Gasteiger partial charge in [-0.05, 0) is 30.7 Å². The summed E-state index contributed by atoms with van der Waals surface area (Å²) in [6.45, 7) is 1.36. The maximum absolute atomic E-state index is 12.8.